The molecule has 1 aromatic carbocycles. The average Bonchev–Trinajstić information content (AvgIpc) is 2.71. The van der Waals surface area contributed by atoms with E-state index in [-0.39, 0.29) is 0 Å². The summed E-state index contributed by atoms with van der Waals surface area (Å²) in [6.07, 6.45) is 3.38. The van der Waals surface area contributed by atoms with Crippen LogP contribution in [0.2, 0.25) is 0 Å². The van der Waals surface area contributed by atoms with Crippen molar-refractivity contribution in [3.63, 3.8) is 0 Å². The first-order chi connectivity index (χ1) is 8.22. The first-order valence-electron chi connectivity index (χ1n) is 6.52. The van der Waals surface area contributed by atoms with Gasteiger partial charge >= 0.3 is 0 Å². The lowest BCUT2D eigenvalue weighted by Gasteiger charge is -2.12. The van der Waals surface area contributed by atoms with Crippen LogP contribution in [0, 0.1) is 0 Å². The minimum atomic E-state index is 0.528. The zero-order valence-corrected chi connectivity index (χ0v) is 11.0. The Balaban J connectivity index is 2.36. The van der Waals surface area contributed by atoms with E-state index in [4.69, 9.17) is 0 Å². The van der Waals surface area contributed by atoms with Crippen LogP contribution in [0.5, 0.6) is 0 Å². The van der Waals surface area contributed by atoms with Gasteiger partial charge in [-0.25, -0.2) is 0 Å². The van der Waals surface area contributed by atoms with Gasteiger partial charge in [0.05, 0.1) is 5.52 Å². The van der Waals surface area contributed by atoms with Gasteiger partial charge in [0, 0.05) is 25.3 Å². The average molecular weight is 230 g/mol. The summed E-state index contributed by atoms with van der Waals surface area (Å²) in [5.41, 5.74) is 2.79. The number of aryl methyl sites for hydroxylation is 1. The first-order valence-corrected chi connectivity index (χ1v) is 6.52. The highest BCUT2D eigenvalue weighted by atomic mass is 15.0. The van der Waals surface area contributed by atoms with Crippen molar-refractivity contribution < 1.29 is 0 Å². The molecular weight excluding hydrogens is 208 g/mol. The summed E-state index contributed by atoms with van der Waals surface area (Å²) in [5, 5.41) is 4.85. The second-order valence-corrected chi connectivity index (χ2v) is 4.90. The molecule has 0 fully saturated rings. The Kier molecular flexibility index (Phi) is 3.85. The largest absolute Gasteiger partial charge is 0.347 e. The van der Waals surface area contributed by atoms with Crippen molar-refractivity contribution >= 4 is 10.9 Å². The van der Waals surface area contributed by atoms with Crippen LogP contribution in [0.25, 0.3) is 10.9 Å². The summed E-state index contributed by atoms with van der Waals surface area (Å²) in [7, 11) is 0. The maximum absolute atomic E-state index is 3.50. The van der Waals surface area contributed by atoms with Gasteiger partial charge in [0.2, 0.25) is 0 Å². The number of fused-ring (bicyclic) bond motifs is 1. The maximum Gasteiger partial charge on any atom is 0.0525 e. The highest BCUT2D eigenvalue weighted by Gasteiger charge is 2.06. The second-order valence-electron chi connectivity index (χ2n) is 4.90. The van der Waals surface area contributed by atoms with Gasteiger partial charge in [-0.2, -0.15) is 0 Å². The van der Waals surface area contributed by atoms with E-state index < -0.39 is 0 Å². The Morgan fingerprint density at radius 3 is 2.76 bits per heavy atom. The van der Waals surface area contributed by atoms with Gasteiger partial charge in [-0.3, -0.25) is 0 Å². The molecule has 1 aromatic heterocycles. The van der Waals surface area contributed by atoms with E-state index >= 15 is 0 Å². The molecule has 0 saturated heterocycles. The van der Waals surface area contributed by atoms with Gasteiger partial charge in [-0.1, -0.05) is 39.0 Å². The van der Waals surface area contributed by atoms with Crippen molar-refractivity contribution in [3.05, 3.63) is 36.0 Å². The molecule has 0 aliphatic heterocycles. The highest BCUT2D eigenvalue weighted by Crippen LogP contribution is 2.20. The zero-order chi connectivity index (χ0) is 12.3. The molecule has 1 heterocycles. The Bertz CT molecular complexity index is 483. The van der Waals surface area contributed by atoms with Gasteiger partial charge in [0.1, 0.15) is 0 Å². The summed E-state index contributed by atoms with van der Waals surface area (Å²) in [6, 6.07) is 9.31. The summed E-state index contributed by atoms with van der Waals surface area (Å²) >= 11 is 0. The molecule has 0 saturated carbocycles. The van der Waals surface area contributed by atoms with Crippen LogP contribution in [0.3, 0.4) is 0 Å². The first kappa shape index (κ1) is 12.2. The molecule has 0 bridgehead atoms. The van der Waals surface area contributed by atoms with Gasteiger partial charge in [0.25, 0.3) is 0 Å². The second kappa shape index (κ2) is 5.37. The fourth-order valence-corrected chi connectivity index (χ4v) is 2.22. The zero-order valence-electron chi connectivity index (χ0n) is 11.0. The standard InChI is InChI=1S/C15H22N2/c1-4-9-17-10-8-13-6-5-7-14(15(13)17)11-16-12(2)3/h5-8,10,12,16H,4,9,11H2,1-3H3. The van der Waals surface area contributed by atoms with Crippen LogP contribution < -0.4 is 5.32 Å². The molecule has 0 radical (unpaired) electrons. The predicted octanol–water partition coefficient (Wildman–Crippen LogP) is 3.55. The molecule has 17 heavy (non-hydrogen) atoms. The minimum Gasteiger partial charge on any atom is -0.347 e. The van der Waals surface area contributed by atoms with Crippen molar-refractivity contribution in [2.45, 2.75) is 46.3 Å². The topological polar surface area (TPSA) is 17.0 Å². The molecule has 0 aliphatic carbocycles. The third-order valence-electron chi connectivity index (χ3n) is 3.04. The predicted molar refractivity (Wildman–Crippen MR) is 74.2 cm³/mol. The Hall–Kier alpha value is -1.28. The van der Waals surface area contributed by atoms with E-state index in [2.05, 4.69) is 61.1 Å². The Labute approximate surface area is 104 Å². The van der Waals surface area contributed by atoms with Gasteiger partial charge < -0.3 is 9.88 Å². The number of para-hydroxylation sites is 1. The number of nitrogens with one attached hydrogen (secondary N) is 1. The van der Waals surface area contributed by atoms with Crippen LogP contribution >= 0.6 is 0 Å². The minimum absolute atomic E-state index is 0.528. The van der Waals surface area contributed by atoms with Crippen molar-refractivity contribution in [2.75, 3.05) is 0 Å². The molecule has 0 aliphatic rings. The quantitative estimate of drug-likeness (QED) is 0.831. The summed E-state index contributed by atoms with van der Waals surface area (Å²) in [5.74, 6) is 0. The van der Waals surface area contributed by atoms with Gasteiger partial charge in [-0.05, 0) is 23.4 Å². The Morgan fingerprint density at radius 1 is 1.24 bits per heavy atom. The lowest BCUT2D eigenvalue weighted by atomic mass is 10.1. The SMILES string of the molecule is CCCn1ccc2cccc(CNC(C)C)c21. The number of aromatic nitrogens is 1. The number of rotatable bonds is 5. The molecule has 2 rings (SSSR count). The van der Waals surface area contributed by atoms with Crippen LogP contribution in [-0.2, 0) is 13.1 Å². The monoisotopic (exact) mass is 230 g/mol. The Morgan fingerprint density at radius 2 is 2.06 bits per heavy atom. The molecule has 2 heteroatoms. The maximum atomic E-state index is 3.50. The van der Waals surface area contributed by atoms with Gasteiger partial charge in [0.15, 0.2) is 0 Å². The van der Waals surface area contributed by atoms with E-state index in [1.165, 1.54) is 22.9 Å². The third kappa shape index (κ3) is 2.70. The number of benzene rings is 1. The summed E-state index contributed by atoms with van der Waals surface area (Å²) in [6.45, 7) is 8.64. The molecule has 2 nitrogen and oxygen atoms in total. The van der Waals surface area contributed by atoms with E-state index in [0.717, 1.165) is 13.1 Å². The number of hydrogen-bond acceptors (Lipinski definition) is 1. The van der Waals surface area contributed by atoms with Crippen molar-refractivity contribution in [1.82, 2.24) is 9.88 Å². The van der Waals surface area contributed by atoms with Crippen LogP contribution in [0.4, 0.5) is 0 Å². The fourth-order valence-electron chi connectivity index (χ4n) is 2.22. The number of nitrogens with zero attached hydrogens (tertiary/aromatic N) is 1. The fraction of sp³-hybridized carbons (Fsp3) is 0.467. The van der Waals surface area contributed by atoms with Crippen molar-refractivity contribution in [2.24, 2.45) is 0 Å². The lowest BCUT2D eigenvalue weighted by Crippen LogP contribution is -2.22. The summed E-state index contributed by atoms with van der Waals surface area (Å²) < 4.78 is 2.37. The van der Waals surface area contributed by atoms with Crippen LogP contribution in [-0.4, -0.2) is 10.6 Å². The molecule has 0 amide bonds. The molecule has 1 N–H and O–H groups in total. The molecular formula is C15H22N2. The molecule has 0 atom stereocenters. The number of hydrogen-bond donors (Lipinski definition) is 1. The molecule has 92 valence electrons. The van der Waals surface area contributed by atoms with Crippen molar-refractivity contribution in [1.29, 1.82) is 0 Å². The molecule has 2 aromatic rings. The summed E-state index contributed by atoms with van der Waals surface area (Å²) in [4.78, 5) is 0. The van der Waals surface area contributed by atoms with Crippen LogP contribution in [0.15, 0.2) is 30.5 Å². The van der Waals surface area contributed by atoms with E-state index in [1.807, 2.05) is 0 Å². The van der Waals surface area contributed by atoms with E-state index in [0.29, 0.717) is 6.04 Å². The highest BCUT2D eigenvalue weighted by molar-refractivity contribution is 5.83. The van der Waals surface area contributed by atoms with Gasteiger partial charge in [-0.15, -0.1) is 0 Å². The van der Waals surface area contributed by atoms with Crippen LogP contribution in [0.1, 0.15) is 32.8 Å². The third-order valence-corrected chi connectivity index (χ3v) is 3.04. The normalized spacial score (nSPS) is 11.5. The lowest BCUT2D eigenvalue weighted by molar-refractivity contribution is 0.588. The van der Waals surface area contributed by atoms with E-state index in [1.54, 1.807) is 0 Å². The molecule has 0 spiro atoms. The van der Waals surface area contributed by atoms with E-state index in [9.17, 15) is 0 Å². The molecule has 0 unspecified atom stereocenters. The van der Waals surface area contributed by atoms with Crippen molar-refractivity contribution in [3.8, 4) is 0 Å². The smallest absolute Gasteiger partial charge is 0.0525 e.